The monoisotopic (exact) mass is 275 g/mol. The molecule has 0 bridgehead atoms. The van der Waals surface area contributed by atoms with Crippen LogP contribution >= 0.6 is 22.6 Å². The van der Waals surface area contributed by atoms with Crippen molar-refractivity contribution >= 4 is 34.1 Å². The number of ketones is 1. The number of nitrogens with two attached hydrogens (primary N) is 1. The highest BCUT2D eigenvalue weighted by Gasteiger charge is 2.10. The van der Waals surface area contributed by atoms with E-state index in [-0.39, 0.29) is 5.78 Å². The number of carbonyl (C=O) groups is 1. The fourth-order valence-electron chi connectivity index (χ4n) is 1.05. The van der Waals surface area contributed by atoms with Gasteiger partial charge in [-0.05, 0) is 48.1 Å². The van der Waals surface area contributed by atoms with Crippen molar-refractivity contribution in [3.05, 3.63) is 26.8 Å². The van der Waals surface area contributed by atoms with E-state index in [9.17, 15) is 4.79 Å². The van der Waals surface area contributed by atoms with Crippen LogP contribution in [0.25, 0.3) is 0 Å². The second-order valence-electron chi connectivity index (χ2n) is 2.72. The molecule has 2 nitrogen and oxygen atoms in total. The molecule has 0 unspecified atom stereocenters. The molecule has 0 saturated carbocycles. The van der Waals surface area contributed by atoms with E-state index in [2.05, 4.69) is 22.6 Å². The number of hydrogen-bond acceptors (Lipinski definition) is 2. The summed E-state index contributed by atoms with van der Waals surface area (Å²) in [6.07, 6.45) is 0. The van der Waals surface area contributed by atoms with Crippen LogP contribution in [0.3, 0.4) is 0 Å². The van der Waals surface area contributed by atoms with Gasteiger partial charge in [0.05, 0.1) is 5.56 Å². The molecule has 0 spiro atoms. The van der Waals surface area contributed by atoms with Gasteiger partial charge in [0.1, 0.15) is 0 Å². The van der Waals surface area contributed by atoms with Gasteiger partial charge in [-0.3, -0.25) is 4.79 Å². The van der Waals surface area contributed by atoms with Crippen LogP contribution in [0.1, 0.15) is 22.8 Å². The molecule has 0 amide bonds. The van der Waals surface area contributed by atoms with Gasteiger partial charge in [-0.1, -0.05) is 6.07 Å². The Balaban J connectivity index is 3.43. The lowest BCUT2D eigenvalue weighted by Gasteiger charge is -2.06. The Morgan fingerprint density at radius 2 is 2.08 bits per heavy atom. The third-order valence-corrected chi connectivity index (χ3v) is 3.11. The molecule has 0 aromatic heterocycles. The van der Waals surface area contributed by atoms with Crippen molar-refractivity contribution in [2.75, 3.05) is 5.73 Å². The maximum atomic E-state index is 11.2. The summed E-state index contributed by atoms with van der Waals surface area (Å²) in [5, 5.41) is 0. The molecule has 0 radical (unpaired) electrons. The van der Waals surface area contributed by atoms with Gasteiger partial charge in [0.25, 0.3) is 0 Å². The second-order valence-corrected chi connectivity index (χ2v) is 3.80. The van der Waals surface area contributed by atoms with Crippen molar-refractivity contribution in [3.8, 4) is 0 Å². The van der Waals surface area contributed by atoms with Gasteiger partial charge in [0.15, 0.2) is 5.78 Å². The molecular formula is C9H10INO. The molecule has 1 aromatic rings. The van der Waals surface area contributed by atoms with E-state index in [1.54, 1.807) is 6.07 Å². The molecule has 2 N–H and O–H groups in total. The smallest absolute Gasteiger partial charge is 0.162 e. The van der Waals surface area contributed by atoms with E-state index >= 15 is 0 Å². The lowest BCUT2D eigenvalue weighted by Crippen LogP contribution is -2.03. The number of anilines is 1. The van der Waals surface area contributed by atoms with Crippen LogP contribution in [0.5, 0.6) is 0 Å². The fraction of sp³-hybridized carbons (Fsp3) is 0.222. The highest BCUT2D eigenvalue weighted by atomic mass is 127. The molecule has 0 aliphatic heterocycles. The van der Waals surface area contributed by atoms with Crippen LogP contribution in [0.2, 0.25) is 0 Å². The van der Waals surface area contributed by atoms with Gasteiger partial charge in [-0.25, -0.2) is 0 Å². The topological polar surface area (TPSA) is 43.1 Å². The Morgan fingerprint density at radius 3 is 2.50 bits per heavy atom. The van der Waals surface area contributed by atoms with Crippen molar-refractivity contribution in [2.24, 2.45) is 0 Å². The Bertz CT molecular complexity index is 334. The maximum absolute atomic E-state index is 11.2. The first-order chi connectivity index (χ1) is 5.54. The predicted molar refractivity (Wildman–Crippen MR) is 58.3 cm³/mol. The van der Waals surface area contributed by atoms with Gasteiger partial charge in [-0.15, -0.1) is 0 Å². The number of carbonyl (C=O) groups excluding carboxylic acids is 1. The minimum Gasteiger partial charge on any atom is -0.398 e. The summed E-state index contributed by atoms with van der Waals surface area (Å²) in [5.41, 5.74) is 7.97. The number of Topliss-reactive ketones (excluding diaryl/α,β-unsaturated/α-hetero) is 1. The Hall–Kier alpha value is -0.580. The average molecular weight is 275 g/mol. The second kappa shape index (κ2) is 3.43. The number of hydrogen-bond donors (Lipinski definition) is 1. The molecular weight excluding hydrogens is 265 g/mol. The zero-order valence-electron chi connectivity index (χ0n) is 7.02. The minimum atomic E-state index is 0.0283. The molecule has 0 saturated heterocycles. The SMILES string of the molecule is CC(=O)c1c(N)ccc(C)c1I. The summed E-state index contributed by atoms with van der Waals surface area (Å²) < 4.78 is 0.958. The zero-order chi connectivity index (χ0) is 9.30. The van der Waals surface area contributed by atoms with Crippen LogP contribution in [0.4, 0.5) is 5.69 Å². The quantitative estimate of drug-likeness (QED) is 0.486. The van der Waals surface area contributed by atoms with Gasteiger partial charge in [0, 0.05) is 9.26 Å². The van der Waals surface area contributed by atoms with Crippen LogP contribution in [-0.2, 0) is 0 Å². The standard InChI is InChI=1S/C9H10INO/c1-5-3-4-7(11)8(6(2)12)9(5)10/h3-4H,11H2,1-2H3. The third-order valence-electron chi connectivity index (χ3n) is 1.72. The van der Waals surface area contributed by atoms with Gasteiger partial charge >= 0.3 is 0 Å². The average Bonchev–Trinajstić information content (AvgIpc) is 1.97. The van der Waals surface area contributed by atoms with Gasteiger partial charge < -0.3 is 5.73 Å². The van der Waals surface area contributed by atoms with E-state index in [4.69, 9.17) is 5.73 Å². The lowest BCUT2D eigenvalue weighted by atomic mass is 10.1. The summed E-state index contributed by atoms with van der Waals surface area (Å²) in [6.45, 7) is 3.50. The van der Waals surface area contributed by atoms with E-state index in [1.807, 2.05) is 13.0 Å². The van der Waals surface area contributed by atoms with E-state index in [0.29, 0.717) is 11.3 Å². The van der Waals surface area contributed by atoms with Crippen LogP contribution in [0, 0.1) is 10.5 Å². The van der Waals surface area contributed by atoms with E-state index in [0.717, 1.165) is 9.13 Å². The summed E-state index contributed by atoms with van der Waals surface area (Å²) in [5.74, 6) is 0.0283. The largest absolute Gasteiger partial charge is 0.398 e. The lowest BCUT2D eigenvalue weighted by molar-refractivity contribution is 0.101. The summed E-state index contributed by atoms with van der Waals surface area (Å²) in [4.78, 5) is 11.2. The number of halogens is 1. The first kappa shape index (κ1) is 9.51. The predicted octanol–water partition coefficient (Wildman–Crippen LogP) is 2.38. The third kappa shape index (κ3) is 1.60. The molecule has 0 aliphatic rings. The molecule has 0 aliphatic carbocycles. The Morgan fingerprint density at radius 1 is 1.50 bits per heavy atom. The molecule has 64 valence electrons. The number of nitrogen functional groups attached to an aromatic ring is 1. The van der Waals surface area contributed by atoms with Gasteiger partial charge in [0.2, 0.25) is 0 Å². The van der Waals surface area contributed by atoms with Crippen molar-refractivity contribution in [3.63, 3.8) is 0 Å². The highest BCUT2D eigenvalue weighted by Crippen LogP contribution is 2.22. The first-order valence-corrected chi connectivity index (χ1v) is 4.67. The summed E-state index contributed by atoms with van der Waals surface area (Å²) in [7, 11) is 0. The van der Waals surface area contributed by atoms with Crippen molar-refractivity contribution < 1.29 is 4.79 Å². The molecule has 0 fully saturated rings. The number of benzene rings is 1. The fourth-order valence-corrected chi connectivity index (χ4v) is 1.92. The highest BCUT2D eigenvalue weighted by molar-refractivity contribution is 14.1. The molecule has 3 heteroatoms. The van der Waals surface area contributed by atoms with Crippen molar-refractivity contribution in [1.82, 2.24) is 0 Å². The van der Waals surface area contributed by atoms with Gasteiger partial charge in [-0.2, -0.15) is 0 Å². The molecule has 12 heavy (non-hydrogen) atoms. The van der Waals surface area contributed by atoms with E-state index < -0.39 is 0 Å². The van der Waals surface area contributed by atoms with E-state index in [1.165, 1.54) is 6.92 Å². The minimum absolute atomic E-state index is 0.0283. The Labute approximate surface area is 85.3 Å². The van der Waals surface area contributed by atoms with Crippen LogP contribution < -0.4 is 5.73 Å². The molecule has 1 aromatic carbocycles. The van der Waals surface area contributed by atoms with Crippen LogP contribution in [0.15, 0.2) is 12.1 Å². The number of aryl methyl sites for hydroxylation is 1. The Kier molecular flexibility index (Phi) is 2.72. The zero-order valence-corrected chi connectivity index (χ0v) is 9.18. The van der Waals surface area contributed by atoms with Crippen molar-refractivity contribution in [2.45, 2.75) is 13.8 Å². The summed E-state index contributed by atoms with van der Waals surface area (Å²) >= 11 is 2.14. The van der Waals surface area contributed by atoms with Crippen LogP contribution in [-0.4, -0.2) is 5.78 Å². The van der Waals surface area contributed by atoms with Crippen molar-refractivity contribution in [1.29, 1.82) is 0 Å². The molecule has 0 atom stereocenters. The first-order valence-electron chi connectivity index (χ1n) is 3.59. The maximum Gasteiger partial charge on any atom is 0.162 e. The summed E-state index contributed by atoms with van der Waals surface area (Å²) in [6, 6.07) is 3.69. The number of rotatable bonds is 1. The molecule has 1 rings (SSSR count). The molecule has 0 heterocycles. The normalized spacial score (nSPS) is 9.92.